The Morgan fingerprint density at radius 2 is 1.40 bits per heavy atom. The van der Waals surface area contributed by atoms with Gasteiger partial charge in [0.2, 0.25) is 0 Å². The molecule has 0 unspecified atom stereocenters. The van der Waals surface area contributed by atoms with Gasteiger partial charge in [0.25, 0.3) is 0 Å². The summed E-state index contributed by atoms with van der Waals surface area (Å²) in [4.78, 5) is 0. The second-order valence-corrected chi connectivity index (χ2v) is 0.612. The maximum atomic E-state index is 4.50. The van der Waals surface area contributed by atoms with Crippen LogP contribution < -0.4 is 0 Å². The van der Waals surface area contributed by atoms with E-state index in [0.29, 0.717) is 0 Å². The molecule has 1 aliphatic heterocycles. The number of ether oxygens (including phenoxy) is 1. The minimum absolute atomic E-state index is 1.00. The molecule has 1 saturated heterocycles. The first-order chi connectivity index (χ1) is 2.50. The molecule has 1 rings (SSSR count). The Bertz CT molecular complexity index is 12.4. The third-order valence-corrected chi connectivity index (χ3v) is 0.204. The Hall–Kier alpha value is 1.42. The number of hydrogen-bond acceptors (Lipinski definition) is 1. The highest BCUT2D eigenvalue weighted by Crippen LogP contribution is 1.89. The van der Waals surface area contributed by atoms with Crippen LogP contribution in [0.15, 0.2) is 0 Å². The maximum Gasteiger partial charge on any atom is 0.0701 e. The summed E-state index contributed by atoms with van der Waals surface area (Å²) in [5, 5.41) is 0. The number of hydrogen-bond donors (Lipinski definition) is 0. The van der Waals surface area contributed by atoms with E-state index in [9.17, 15) is 0 Å². The van der Waals surface area contributed by atoms with E-state index < -0.39 is 0 Å². The molecule has 5 heavy (non-hydrogen) atoms. The van der Waals surface area contributed by atoms with Crippen molar-refractivity contribution in [2.24, 2.45) is 0 Å². The van der Waals surface area contributed by atoms with Gasteiger partial charge in [-0.05, 0) is 0 Å². The largest absolute Gasteiger partial charge is 0.377 e. The zero-order valence-corrected chi connectivity index (χ0v) is 6.89. The summed E-state index contributed by atoms with van der Waals surface area (Å²) in [5.74, 6) is 0. The average molecular weight is 298 g/mol. The molecule has 1 aliphatic rings. The molecule has 32 valence electrons. The molecule has 0 N–H and O–H groups in total. The number of halogens is 2. The van der Waals surface area contributed by atoms with Gasteiger partial charge in [-0.2, -0.15) is 0 Å². The van der Waals surface area contributed by atoms with Crippen LogP contribution in [-0.2, 0) is 4.74 Å². The van der Waals surface area contributed by atoms with Gasteiger partial charge in [0.1, 0.15) is 0 Å². The molecule has 0 atom stereocenters. The van der Waals surface area contributed by atoms with E-state index >= 15 is 0 Å². The van der Waals surface area contributed by atoms with Crippen molar-refractivity contribution in [3.05, 3.63) is 0 Å². The molecule has 1 fully saturated rings. The van der Waals surface area contributed by atoms with Crippen LogP contribution in [0, 0.1) is 0 Å². The van der Waals surface area contributed by atoms with Gasteiger partial charge < -0.3 is 4.74 Å². The summed E-state index contributed by atoms with van der Waals surface area (Å²) in [5.41, 5.74) is 0. The number of epoxide rings is 1. The third-order valence-electron chi connectivity index (χ3n) is 0.204. The van der Waals surface area contributed by atoms with E-state index in [1.165, 1.54) is 0 Å². The SMILES string of the molecule is C1CO1.II. The van der Waals surface area contributed by atoms with E-state index in [1.807, 2.05) is 0 Å². The van der Waals surface area contributed by atoms with Gasteiger partial charge in [-0.3, -0.25) is 0 Å². The monoisotopic (exact) mass is 298 g/mol. The molecule has 0 saturated carbocycles. The van der Waals surface area contributed by atoms with Crippen molar-refractivity contribution in [1.29, 1.82) is 0 Å². The molecule has 3 heteroatoms. The lowest BCUT2D eigenvalue weighted by atomic mass is 11.0. The summed E-state index contributed by atoms with van der Waals surface area (Å²) < 4.78 is 4.50. The van der Waals surface area contributed by atoms with Crippen LogP contribution in [0.4, 0.5) is 0 Å². The molecule has 0 amide bonds. The van der Waals surface area contributed by atoms with Crippen molar-refractivity contribution in [2.75, 3.05) is 13.2 Å². The lowest BCUT2D eigenvalue weighted by Crippen LogP contribution is -1.20. The molecule has 0 radical (unpaired) electrons. The summed E-state index contributed by atoms with van der Waals surface area (Å²) in [6, 6.07) is 0. The van der Waals surface area contributed by atoms with Gasteiger partial charge in [0.15, 0.2) is 0 Å². The van der Waals surface area contributed by atoms with Gasteiger partial charge in [-0.15, -0.1) is 0 Å². The molecule has 0 aliphatic carbocycles. The lowest BCUT2D eigenvalue weighted by molar-refractivity contribution is 0.475. The molecular weight excluding hydrogens is 294 g/mol. The van der Waals surface area contributed by atoms with Crippen LogP contribution in [0.2, 0.25) is 0 Å². The highest BCUT2D eigenvalue weighted by Gasteiger charge is 1.94. The first kappa shape index (κ1) is 6.42. The highest BCUT2D eigenvalue weighted by molar-refractivity contribution is 15.0. The van der Waals surface area contributed by atoms with E-state index in [2.05, 4.69) is 42.0 Å². The van der Waals surface area contributed by atoms with Crippen molar-refractivity contribution < 1.29 is 4.74 Å². The quantitative estimate of drug-likeness (QED) is 0.491. The fraction of sp³-hybridized carbons (Fsp3) is 1.00. The smallest absolute Gasteiger partial charge is 0.0701 e. The van der Waals surface area contributed by atoms with E-state index in [4.69, 9.17) is 0 Å². The Morgan fingerprint density at radius 3 is 1.40 bits per heavy atom. The van der Waals surface area contributed by atoms with E-state index in [-0.39, 0.29) is 0 Å². The van der Waals surface area contributed by atoms with Crippen LogP contribution in [0.1, 0.15) is 0 Å². The van der Waals surface area contributed by atoms with Crippen LogP contribution in [-0.4, -0.2) is 13.2 Å². The second-order valence-electron chi connectivity index (χ2n) is 0.612. The average Bonchev–Trinajstić information content (AvgIpc) is 2.19. The Labute approximate surface area is 54.8 Å². The molecule has 0 aromatic rings. The van der Waals surface area contributed by atoms with Crippen molar-refractivity contribution in [3.63, 3.8) is 0 Å². The predicted octanol–water partition coefficient (Wildman–Crippen LogP) is 1.79. The maximum absolute atomic E-state index is 4.50. The molecule has 1 heterocycles. The van der Waals surface area contributed by atoms with Gasteiger partial charge in [0, 0.05) is 37.2 Å². The summed E-state index contributed by atoms with van der Waals surface area (Å²) in [7, 11) is 0. The van der Waals surface area contributed by atoms with E-state index in [0.717, 1.165) is 13.2 Å². The minimum atomic E-state index is 1.00. The minimum Gasteiger partial charge on any atom is -0.377 e. The second kappa shape index (κ2) is 5.42. The fourth-order valence-corrected chi connectivity index (χ4v) is 0. The summed E-state index contributed by atoms with van der Waals surface area (Å²) in [6.07, 6.45) is 0. The van der Waals surface area contributed by atoms with Crippen LogP contribution in [0.3, 0.4) is 0 Å². The zero-order chi connectivity index (χ0) is 4.12. The van der Waals surface area contributed by atoms with Crippen LogP contribution >= 0.6 is 37.2 Å². The van der Waals surface area contributed by atoms with Crippen molar-refractivity contribution in [2.45, 2.75) is 0 Å². The predicted molar refractivity (Wildman–Crippen MR) is 38.9 cm³/mol. The Balaban J connectivity index is 0.0000000733. The van der Waals surface area contributed by atoms with Crippen molar-refractivity contribution in [1.82, 2.24) is 0 Å². The number of rotatable bonds is 0. The lowest BCUT2D eigenvalue weighted by Gasteiger charge is -1.24. The molecular formula is C2H4I2O. The first-order valence-electron chi connectivity index (χ1n) is 1.22. The summed E-state index contributed by atoms with van der Waals surface area (Å²) in [6.45, 7) is 2.00. The zero-order valence-electron chi connectivity index (χ0n) is 2.58. The highest BCUT2D eigenvalue weighted by atomic mass is 128. The van der Waals surface area contributed by atoms with Crippen molar-refractivity contribution >= 4 is 37.2 Å². The Morgan fingerprint density at radius 1 is 1.20 bits per heavy atom. The summed E-state index contributed by atoms with van der Waals surface area (Å²) >= 11 is 4.24. The molecule has 1 nitrogen and oxygen atoms in total. The van der Waals surface area contributed by atoms with Gasteiger partial charge in [-0.1, -0.05) is 0 Å². The van der Waals surface area contributed by atoms with E-state index in [1.54, 1.807) is 0 Å². The molecule has 0 spiro atoms. The van der Waals surface area contributed by atoms with Gasteiger partial charge >= 0.3 is 0 Å². The normalized spacial score (nSPS) is 15.6. The van der Waals surface area contributed by atoms with Crippen LogP contribution in [0.5, 0.6) is 0 Å². The standard InChI is InChI=1S/C2H4O.I2/c1-2-3-1;1-2/h1-2H2;. The molecule has 0 aromatic heterocycles. The molecule has 0 bridgehead atoms. The topological polar surface area (TPSA) is 12.5 Å². The van der Waals surface area contributed by atoms with Crippen molar-refractivity contribution in [3.8, 4) is 0 Å². The van der Waals surface area contributed by atoms with Crippen LogP contribution in [0.25, 0.3) is 0 Å². The van der Waals surface area contributed by atoms with Gasteiger partial charge in [0.05, 0.1) is 13.2 Å². The van der Waals surface area contributed by atoms with Gasteiger partial charge in [-0.25, -0.2) is 0 Å². The third kappa shape index (κ3) is 10.8. The molecule has 0 aromatic carbocycles. The fourth-order valence-electron chi connectivity index (χ4n) is 0. The first-order valence-corrected chi connectivity index (χ1v) is 7.51. The Kier molecular flexibility index (Phi) is 6.96.